The number of amides is 3. The molecule has 12 heteroatoms. The molecule has 3 amide bonds. The largest absolute Gasteiger partial charge is 0.384 e. The van der Waals surface area contributed by atoms with Crippen LogP contribution >= 0.6 is 0 Å². The Hall–Kier alpha value is -4.81. The summed E-state index contributed by atoms with van der Waals surface area (Å²) in [4.78, 5) is 56.7. The van der Waals surface area contributed by atoms with Gasteiger partial charge in [0.2, 0.25) is 5.91 Å². The van der Waals surface area contributed by atoms with E-state index < -0.39 is 11.5 Å². The second kappa shape index (κ2) is 14.1. The first-order valence-corrected chi connectivity index (χ1v) is 19.7. The molecular formula is C42H52N8O4. The van der Waals surface area contributed by atoms with Crippen molar-refractivity contribution in [3.05, 3.63) is 65.5 Å². The number of carbonyl (C=O) groups is 3. The number of aliphatic hydroxyl groups is 1. The molecule has 2 saturated heterocycles. The number of carbonyl (C=O) groups excluding carboxylic acids is 3. The highest BCUT2D eigenvalue weighted by Crippen LogP contribution is 2.52. The summed E-state index contributed by atoms with van der Waals surface area (Å²) in [6.45, 7) is 10.8. The van der Waals surface area contributed by atoms with Crippen molar-refractivity contribution >= 4 is 45.9 Å². The predicted molar refractivity (Wildman–Crippen MR) is 210 cm³/mol. The lowest BCUT2D eigenvalue weighted by Gasteiger charge is -2.48. The van der Waals surface area contributed by atoms with Gasteiger partial charge >= 0.3 is 0 Å². The van der Waals surface area contributed by atoms with Crippen molar-refractivity contribution in [3.8, 4) is 11.3 Å². The predicted octanol–water partition coefficient (Wildman–Crippen LogP) is 5.70. The number of nitrogens with zero attached hydrogens (tertiary/aromatic N) is 6. The molecule has 2 aromatic heterocycles. The lowest BCUT2D eigenvalue weighted by molar-refractivity contribution is -0.142. The maximum absolute atomic E-state index is 14.8. The topological polar surface area (TPSA) is 136 Å². The van der Waals surface area contributed by atoms with Crippen molar-refractivity contribution in [2.45, 2.75) is 102 Å². The van der Waals surface area contributed by atoms with E-state index in [-0.39, 0.29) is 29.8 Å². The summed E-state index contributed by atoms with van der Waals surface area (Å²) in [7, 11) is 1.63. The van der Waals surface area contributed by atoms with Gasteiger partial charge in [0.15, 0.2) is 5.82 Å². The normalized spacial score (nSPS) is 21.7. The summed E-state index contributed by atoms with van der Waals surface area (Å²) in [5.74, 6) is 0.323. The van der Waals surface area contributed by atoms with E-state index >= 15 is 0 Å². The minimum absolute atomic E-state index is 0.111. The molecule has 54 heavy (non-hydrogen) atoms. The molecule has 2 aromatic carbocycles. The average Bonchev–Trinajstić information content (AvgIpc) is 3.69. The highest BCUT2D eigenvalue weighted by atomic mass is 16.3. The number of hydrogen-bond acceptors (Lipinski definition) is 8. The molecule has 1 atom stereocenters. The smallest absolute Gasteiger partial charge is 0.251 e. The Kier molecular flexibility index (Phi) is 9.46. The molecule has 284 valence electrons. The second-order valence-corrected chi connectivity index (χ2v) is 16.1. The van der Waals surface area contributed by atoms with Crippen LogP contribution in [-0.2, 0) is 15.0 Å². The van der Waals surface area contributed by atoms with E-state index in [9.17, 15) is 19.5 Å². The van der Waals surface area contributed by atoms with Gasteiger partial charge in [0, 0.05) is 60.8 Å². The first kappa shape index (κ1) is 36.2. The van der Waals surface area contributed by atoms with Crippen molar-refractivity contribution in [2.24, 2.45) is 0 Å². The first-order chi connectivity index (χ1) is 26.0. The zero-order valence-electron chi connectivity index (χ0n) is 32.1. The molecule has 0 radical (unpaired) electrons. The minimum atomic E-state index is -1.06. The highest BCUT2D eigenvalue weighted by molar-refractivity contribution is 6.09. The van der Waals surface area contributed by atoms with Gasteiger partial charge in [-0.15, -0.1) is 0 Å². The number of fused-ring (bicyclic) bond motifs is 3. The van der Waals surface area contributed by atoms with Crippen LogP contribution in [-0.4, -0.2) is 98.6 Å². The number of likely N-dealkylation sites (tertiary alicyclic amines) is 2. The van der Waals surface area contributed by atoms with Gasteiger partial charge in [-0.1, -0.05) is 24.6 Å². The maximum atomic E-state index is 14.8. The van der Waals surface area contributed by atoms with Crippen LogP contribution < -0.4 is 15.5 Å². The van der Waals surface area contributed by atoms with Crippen LogP contribution in [0.2, 0.25) is 0 Å². The molecule has 12 nitrogen and oxygen atoms in total. The van der Waals surface area contributed by atoms with E-state index in [0.717, 1.165) is 70.7 Å². The van der Waals surface area contributed by atoms with E-state index in [1.807, 2.05) is 37.5 Å². The summed E-state index contributed by atoms with van der Waals surface area (Å²) in [5.41, 5.74) is 6.72. The molecule has 5 heterocycles. The van der Waals surface area contributed by atoms with E-state index in [0.29, 0.717) is 43.4 Å². The van der Waals surface area contributed by atoms with E-state index in [1.54, 1.807) is 11.9 Å². The van der Waals surface area contributed by atoms with E-state index in [4.69, 9.17) is 9.97 Å². The molecule has 1 aliphatic carbocycles. The number of imidazole rings is 1. The van der Waals surface area contributed by atoms with E-state index in [1.165, 1.54) is 26.2 Å². The SMILES string of the molecule is CNC(=O)c1cc(Nc2nc(-c3ccc4c(c3)N([C@H]3C[C@@H](N5CCCCC5)C3)C(=O)C43CCN(C(=O)[C@@H](C)O)CC3)cc3ncn(C(C)C)c23)ccc1C. The fraction of sp³-hybridized carbons (Fsp3) is 0.500. The third kappa shape index (κ3) is 6.13. The first-order valence-electron chi connectivity index (χ1n) is 19.7. The van der Waals surface area contributed by atoms with Gasteiger partial charge in [-0.05, 0) is 115 Å². The number of aryl methyl sites for hydroxylation is 1. The highest BCUT2D eigenvalue weighted by Gasteiger charge is 2.56. The Morgan fingerprint density at radius 2 is 1.69 bits per heavy atom. The van der Waals surface area contributed by atoms with Crippen molar-refractivity contribution in [3.63, 3.8) is 0 Å². The Morgan fingerprint density at radius 1 is 0.944 bits per heavy atom. The summed E-state index contributed by atoms with van der Waals surface area (Å²) in [5, 5.41) is 16.3. The molecule has 8 rings (SSSR count). The van der Waals surface area contributed by atoms with Gasteiger partial charge < -0.3 is 35.0 Å². The van der Waals surface area contributed by atoms with Crippen LogP contribution in [0.3, 0.4) is 0 Å². The lowest BCUT2D eigenvalue weighted by atomic mass is 9.73. The van der Waals surface area contributed by atoms with Gasteiger partial charge in [0.25, 0.3) is 11.8 Å². The van der Waals surface area contributed by atoms with Gasteiger partial charge in [-0.25, -0.2) is 9.97 Å². The number of rotatable bonds is 8. The molecule has 4 aliphatic rings. The molecule has 0 unspecified atom stereocenters. The summed E-state index contributed by atoms with van der Waals surface area (Å²) >= 11 is 0. The van der Waals surface area contributed by atoms with Crippen molar-refractivity contribution in [2.75, 3.05) is 43.4 Å². The van der Waals surface area contributed by atoms with Crippen LogP contribution in [0.25, 0.3) is 22.3 Å². The Balaban J connectivity index is 1.18. The molecular weight excluding hydrogens is 681 g/mol. The molecule has 4 aromatic rings. The monoisotopic (exact) mass is 732 g/mol. The number of anilines is 3. The van der Waals surface area contributed by atoms with Crippen molar-refractivity contribution in [1.82, 2.24) is 29.7 Å². The van der Waals surface area contributed by atoms with Crippen LogP contribution in [0.5, 0.6) is 0 Å². The maximum Gasteiger partial charge on any atom is 0.251 e. The van der Waals surface area contributed by atoms with Gasteiger partial charge in [0.05, 0.1) is 23.0 Å². The summed E-state index contributed by atoms with van der Waals surface area (Å²) in [6, 6.07) is 14.8. The van der Waals surface area contributed by atoms with Crippen molar-refractivity contribution in [1.29, 1.82) is 0 Å². The molecule has 0 bridgehead atoms. The zero-order valence-corrected chi connectivity index (χ0v) is 32.1. The number of nitrogens with one attached hydrogen (secondary N) is 2. The third-order valence-corrected chi connectivity index (χ3v) is 12.4. The molecule has 1 spiro atoms. The fourth-order valence-corrected chi connectivity index (χ4v) is 9.22. The van der Waals surface area contributed by atoms with Crippen LogP contribution in [0.1, 0.15) is 93.2 Å². The standard InChI is InChI=1S/C42H52N8O4/c1-25(2)49-24-44-35-23-34(46-38(37(35)49)45-29-11-9-26(3)32(20-29)39(52)43-5)28-10-12-33-36(19-28)50(31-21-30(22-31)47-15-7-6-8-16-47)41(54)42(33)13-17-48(18-14-42)40(53)27(4)51/h9-12,19-20,23-25,27,30-31,51H,6-8,13-18,21-22H2,1-5H3,(H,43,52)(H,45,46)/t27-,30-,31+/m1/s1. The van der Waals surface area contributed by atoms with E-state index in [2.05, 4.69) is 57.0 Å². The summed E-state index contributed by atoms with van der Waals surface area (Å²) < 4.78 is 2.10. The Morgan fingerprint density at radius 3 is 2.37 bits per heavy atom. The number of benzene rings is 2. The van der Waals surface area contributed by atoms with Crippen LogP contribution in [0.15, 0.2) is 48.8 Å². The quantitative estimate of drug-likeness (QED) is 0.210. The molecule has 1 saturated carbocycles. The average molecular weight is 733 g/mol. The van der Waals surface area contributed by atoms with Crippen LogP contribution in [0, 0.1) is 6.92 Å². The van der Waals surface area contributed by atoms with Crippen LogP contribution in [0.4, 0.5) is 17.2 Å². The third-order valence-electron chi connectivity index (χ3n) is 12.4. The second-order valence-electron chi connectivity index (χ2n) is 16.1. The number of pyridine rings is 1. The molecule has 3 aliphatic heterocycles. The molecule has 3 N–H and O–H groups in total. The summed E-state index contributed by atoms with van der Waals surface area (Å²) in [6.07, 6.45) is 7.51. The minimum Gasteiger partial charge on any atom is -0.384 e. The van der Waals surface area contributed by atoms with Gasteiger partial charge in [-0.3, -0.25) is 14.4 Å². The Bertz CT molecular complexity index is 2100. The van der Waals surface area contributed by atoms with Gasteiger partial charge in [-0.2, -0.15) is 0 Å². The molecule has 3 fully saturated rings. The number of aliphatic hydroxyl groups excluding tert-OH is 1. The Labute approximate surface area is 316 Å². The zero-order chi connectivity index (χ0) is 37.9. The lowest BCUT2D eigenvalue weighted by Crippen LogP contribution is -2.58. The number of piperidine rings is 2. The number of hydrogen-bond donors (Lipinski definition) is 3. The number of aromatic nitrogens is 3. The van der Waals surface area contributed by atoms with Crippen molar-refractivity contribution < 1.29 is 19.5 Å². The fourth-order valence-electron chi connectivity index (χ4n) is 9.22. The van der Waals surface area contributed by atoms with Gasteiger partial charge in [0.1, 0.15) is 11.6 Å².